The Bertz CT molecular complexity index is 406. The molecule has 3 nitrogen and oxygen atoms in total. The molecule has 1 rings (SSSR count). The van der Waals surface area contributed by atoms with Crippen molar-refractivity contribution in [3.05, 3.63) is 42.5 Å². The molecule has 0 aliphatic carbocycles. The lowest BCUT2D eigenvalue weighted by molar-refractivity contribution is 0.598. The molecule has 0 fully saturated rings. The second-order valence-corrected chi connectivity index (χ2v) is 5.19. The van der Waals surface area contributed by atoms with E-state index in [0.717, 1.165) is 5.56 Å². The summed E-state index contributed by atoms with van der Waals surface area (Å²) in [5, 5.41) is 0. The summed E-state index contributed by atoms with van der Waals surface area (Å²) in [5.74, 6) is 0.0523. The van der Waals surface area contributed by atoms with Gasteiger partial charge in [-0.3, -0.25) is 0 Å². The second kappa shape index (κ2) is 4.28. The van der Waals surface area contributed by atoms with E-state index >= 15 is 0 Å². The topological polar surface area (TPSA) is 60.2 Å². The number of nitrogen functional groups attached to an aromatic ring is 1. The van der Waals surface area contributed by atoms with Crippen molar-refractivity contribution in [2.24, 2.45) is 0 Å². The van der Waals surface area contributed by atoms with Crippen LogP contribution < -0.4 is 5.73 Å². The molecule has 0 aliphatic rings. The van der Waals surface area contributed by atoms with Gasteiger partial charge in [0.15, 0.2) is 9.84 Å². The van der Waals surface area contributed by atoms with Crippen molar-refractivity contribution in [2.75, 3.05) is 11.5 Å². The molecular weight excluding hydrogens is 198 g/mol. The Morgan fingerprint density at radius 3 is 2.36 bits per heavy atom. The minimum absolute atomic E-state index is 0.0113. The van der Waals surface area contributed by atoms with E-state index in [2.05, 4.69) is 6.58 Å². The lowest BCUT2D eigenvalue weighted by atomic mass is 10.2. The van der Waals surface area contributed by atoms with Crippen LogP contribution in [0, 0.1) is 0 Å². The smallest absolute Gasteiger partial charge is 0.157 e. The summed E-state index contributed by atoms with van der Waals surface area (Å²) in [4.78, 5) is 0. The first kappa shape index (κ1) is 10.8. The summed E-state index contributed by atoms with van der Waals surface area (Å²) in [7, 11) is -3.06. The SMILES string of the molecule is C=CCS(=O)(=O)Cc1ccc(N)cc1. The number of sulfone groups is 1. The van der Waals surface area contributed by atoms with Gasteiger partial charge in [0.1, 0.15) is 0 Å². The summed E-state index contributed by atoms with van der Waals surface area (Å²) in [6.07, 6.45) is 1.40. The van der Waals surface area contributed by atoms with Gasteiger partial charge in [-0.2, -0.15) is 0 Å². The Hall–Kier alpha value is -1.29. The van der Waals surface area contributed by atoms with Crippen LogP contribution in [0.5, 0.6) is 0 Å². The highest BCUT2D eigenvalue weighted by Crippen LogP contribution is 2.09. The van der Waals surface area contributed by atoms with Gasteiger partial charge in [0, 0.05) is 5.69 Å². The number of hydrogen-bond acceptors (Lipinski definition) is 3. The van der Waals surface area contributed by atoms with Crippen molar-refractivity contribution in [3.8, 4) is 0 Å². The van der Waals surface area contributed by atoms with E-state index < -0.39 is 9.84 Å². The van der Waals surface area contributed by atoms with Crippen LogP contribution in [0.25, 0.3) is 0 Å². The van der Waals surface area contributed by atoms with E-state index in [1.807, 2.05) is 0 Å². The quantitative estimate of drug-likeness (QED) is 0.604. The Kier molecular flexibility index (Phi) is 3.30. The Balaban J connectivity index is 2.79. The van der Waals surface area contributed by atoms with E-state index in [1.54, 1.807) is 24.3 Å². The van der Waals surface area contributed by atoms with Gasteiger partial charge < -0.3 is 5.73 Å². The molecule has 0 atom stereocenters. The summed E-state index contributed by atoms with van der Waals surface area (Å²) in [6.45, 7) is 3.40. The first-order valence-corrected chi connectivity index (χ1v) is 6.01. The molecular formula is C10H13NO2S. The van der Waals surface area contributed by atoms with E-state index in [0.29, 0.717) is 5.69 Å². The highest BCUT2D eigenvalue weighted by Gasteiger charge is 2.08. The molecule has 0 radical (unpaired) electrons. The van der Waals surface area contributed by atoms with Gasteiger partial charge in [-0.15, -0.1) is 6.58 Å². The van der Waals surface area contributed by atoms with Crippen molar-refractivity contribution in [2.45, 2.75) is 5.75 Å². The summed E-state index contributed by atoms with van der Waals surface area (Å²) < 4.78 is 22.8. The fourth-order valence-corrected chi connectivity index (χ4v) is 2.28. The molecule has 1 aromatic carbocycles. The van der Waals surface area contributed by atoms with Crippen LogP contribution in [-0.2, 0) is 15.6 Å². The number of hydrogen-bond donors (Lipinski definition) is 1. The third-order valence-corrected chi connectivity index (χ3v) is 3.25. The molecule has 2 N–H and O–H groups in total. The molecule has 0 unspecified atom stereocenters. The number of nitrogens with two attached hydrogens (primary N) is 1. The molecule has 0 spiro atoms. The van der Waals surface area contributed by atoms with Crippen molar-refractivity contribution >= 4 is 15.5 Å². The van der Waals surface area contributed by atoms with Crippen LogP contribution in [0.4, 0.5) is 5.69 Å². The Morgan fingerprint density at radius 1 is 1.29 bits per heavy atom. The number of benzene rings is 1. The highest BCUT2D eigenvalue weighted by molar-refractivity contribution is 7.90. The maximum absolute atomic E-state index is 11.4. The third-order valence-electron chi connectivity index (χ3n) is 1.74. The van der Waals surface area contributed by atoms with Gasteiger partial charge in [0.2, 0.25) is 0 Å². The summed E-state index contributed by atoms with van der Waals surface area (Å²) in [5.41, 5.74) is 6.87. The van der Waals surface area contributed by atoms with Crippen LogP contribution in [0.3, 0.4) is 0 Å². The van der Waals surface area contributed by atoms with Gasteiger partial charge in [-0.1, -0.05) is 18.2 Å². The van der Waals surface area contributed by atoms with Crippen molar-refractivity contribution in [1.29, 1.82) is 0 Å². The van der Waals surface area contributed by atoms with Crippen molar-refractivity contribution < 1.29 is 8.42 Å². The molecule has 0 bridgehead atoms. The zero-order valence-corrected chi connectivity index (χ0v) is 8.63. The molecule has 4 heteroatoms. The average Bonchev–Trinajstić information content (AvgIpc) is 2.08. The normalized spacial score (nSPS) is 11.1. The molecule has 1 aromatic rings. The fourth-order valence-electron chi connectivity index (χ4n) is 1.11. The van der Waals surface area contributed by atoms with Gasteiger partial charge in [0.25, 0.3) is 0 Å². The Labute approximate surface area is 84.2 Å². The molecule has 0 saturated heterocycles. The van der Waals surface area contributed by atoms with Gasteiger partial charge in [-0.05, 0) is 17.7 Å². The van der Waals surface area contributed by atoms with Crippen LogP contribution in [0.2, 0.25) is 0 Å². The third kappa shape index (κ3) is 3.22. The Morgan fingerprint density at radius 2 is 1.86 bits per heavy atom. The zero-order chi connectivity index (χ0) is 10.6. The van der Waals surface area contributed by atoms with Crippen molar-refractivity contribution in [1.82, 2.24) is 0 Å². The predicted molar refractivity (Wildman–Crippen MR) is 58.5 cm³/mol. The minimum atomic E-state index is -3.06. The van der Waals surface area contributed by atoms with Gasteiger partial charge in [-0.25, -0.2) is 8.42 Å². The molecule has 0 saturated carbocycles. The molecule has 0 aromatic heterocycles. The number of anilines is 1. The molecule has 76 valence electrons. The predicted octanol–water partition coefficient (Wildman–Crippen LogP) is 1.37. The minimum Gasteiger partial charge on any atom is -0.399 e. The first-order valence-electron chi connectivity index (χ1n) is 4.19. The van der Waals surface area contributed by atoms with E-state index in [-0.39, 0.29) is 11.5 Å². The van der Waals surface area contributed by atoms with E-state index in [1.165, 1.54) is 6.08 Å². The summed E-state index contributed by atoms with van der Waals surface area (Å²) in [6, 6.07) is 6.82. The largest absolute Gasteiger partial charge is 0.399 e. The van der Waals surface area contributed by atoms with E-state index in [4.69, 9.17) is 5.73 Å². The maximum atomic E-state index is 11.4. The van der Waals surface area contributed by atoms with Crippen LogP contribution >= 0.6 is 0 Å². The standard InChI is InChI=1S/C10H13NO2S/c1-2-7-14(12,13)8-9-3-5-10(11)6-4-9/h2-6H,1,7-8,11H2. The highest BCUT2D eigenvalue weighted by atomic mass is 32.2. The monoisotopic (exact) mass is 211 g/mol. The van der Waals surface area contributed by atoms with Crippen LogP contribution in [0.15, 0.2) is 36.9 Å². The fraction of sp³-hybridized carbons (Fsp3) is 0.200. The second-order valence-electron chi connectivity index (χ2n) is 3.08. The molecule has 0 heterocycles. The van der Waals surface area contributed by atoms with Gasteiger partial charge >= 0.3 is 0 Å². The zero-order valence-electron chi connectivity index (χ0n) is 7.81. The molecule has 0 aliphatic heterocycles. The maximum Gasteiger partial charge on any atom is 0.157 e. The van der Waals surface area contributed by atoms with Crippen LogP contribution in [0.1, 0.15) is 5.56 Å². The molecule has 0 amide bonds. The summed E-state index contributed by atoms with van der Waals surface area (Å²) >= 11 is 0. The number of rotatable bonds is 4. The lowest BCUT2D eigenvalue weighted by Gasteiger charge is -2.01. The first-order chi connectivity index (χ1) is 6.53. The lowest BCUT2D eigenvalue weighted by Crippen LogP contribution is -2.07. The van der Waals surface area contributed by atoms with Crippen LogP contribution in [-0.4, -0.2) is 14.2 Å². The van der Waals surface area contributed by atoms with Gasteiger partial charge in [0.05, 0.1) is 11.5 Å². The average molecular weight is 211 g/mol. The van der Waals surface area contributed by atoms with Crippen molar-refractivity contribution in [3.63, 3.8) is 0 Å². The molecule has 14 heavy (non-hydrogen) atoms. The van der Waals surface area contributed by atoms with E-state index in [9.17, 15) is 8.42 Å².